The van der Waals surface area contributed by atoms with Crippen molar-refractivity contribution in [1.29, 1.82) is 0 Å². The van der Waals surface area contributed by atoms with E-state index in [0.29, 0.717) is 34.7 Å². The molecule has 0 aliphatic carbocycles. The van der Waals surface area contributed by atoms with Gasteiger partial charge in [-0.3, -0.25) is 10.1 Å². The quantitative estimate of drug-likeness (QED) is 0.741. The van der Waals surface area contributed by atoms with Crippen LogP contribution in [0, 0.1) is 0 Å². The molecule has 0 spiro atoms. The Hall–Kier alpha value is -2.72. The topological polar surface area (TPSA) is 136 Å². The minimum absolute atomic E-state index is 0.195. The van der Waals surface area contributed by atoms with Crippen LogP contribution in [-0.4, -0.2) is 48.2 Å². The predicted molar refractivity (Wildman–Crippen MR) is 90.1 cm³/mol. The maximum absolute atomic E-state index is 11.5. The molecule has 126 valence electrons. The van der Waals surface area contributed by atoms with Gasteiger partial charge in [0, 0.05) is 19.3 Å². The summed E-state index contributed by atoms with van der Waals surface area (Å²) in [5.74, 6) is -0.0575. The van der Waals surface area contributed by atoms with E-state index in [2.05, 4.69) is 15.3 Å². The molecule has 3 rings (SSSR count). The number of amides is 3. The minimum Gasteiger partial charge on any atom is -0.378 e. The molecular formula is C14H16N6O3S. The summed E-state index contributed by atoms with van der Waals surface area (Å²) in [5, 5.41) is 2.71. The molecule has 0 aromatic carbocycles. The van der Waals surface area contributed by atoms with Crippen LogP contribution in [0.3, 0.4) is 0 Å². The molecule has 0 atom stereocenters. The van der Waals surface area contributed by atoms with Gasteiger partial charge in [-0.2, -0.15) is 0 Å². The van der Waals surface area contributed by atoms with Crippen molar-refractivity contribution in [2.75, 3.05) is 36.5 Å². The van der Waals surface area contributed by atoms with Crippen molar-refractivity contribution < 1.29 is 14.3 Å². The lowest BCUT2D eigenvalue weighted by Crippen LogP contribution is -2.37. The number of urea groups is 1. The van der Waals surface area contributed by atoms with E-state index in [9.17, 15) is 9.59 Å². The van der Waals surface area contributed by atoms with Crippen LogP contribution in [0.2, 0.25) is 0 Å². The zero-order valence-electron chi connectivity index (χ0n) is 12.7. The molecule has 5 N–H and O–H groups in total. The van der Waals surface area contributed by atoms with Gasteiger partial charge in [-0.15, -0.1) is 11.3 Å². The first-order valence-corrected chi connectivity index (χ1v) is 8.02. The zero-order chi connectivity index (χ0) is 17.1. The summed E-state index contributed by atoms with van der Waals surface area (Å²) in [6.45, 7) is 2.69. The second kappa shape index (κ2) is 6.81. The minimum atomic E-state index is -0.761. The van der Waals surface area contributed by atoms with Crippen molar-refractivity contribution >= 4 is 34.2 Å². The number of nitrogens with two attached hydrogens (primary N) is 2. The highest BCUT2D eigenvalue weighted by Crippen LogP contribution is 2.34. The number of anilines is 2. The summed E-state index contributed by atoms with van der Waals surface area (Å²) >= 11 is 1.18. The normalized spacial score (nSPS) is 14.4. The number of ether oxygens (including phenoxy) is 1. The van der Waals surface area contributed by atoms with E-state index in [-0.39, 0.29) is 5.56 Å². The van der Waals surface area contributed by atoms with Gasteiger partial charge < -0.3 is 21.1 Å². The smallest absolute Gasteiger partial charge is 0.317 e. The van der Waals surface area contributed by atoms with E-state index >= 15 is 0 Å². The molecule has 2 aromatic rings. The predicted octanol–water partition coefficient (Wildman–Crippen LogP) is 0.631. The molecule has 24 heavy (non-hydrogen) atoms. The van der Waals surface area contributed by atoms with Crippen LogP contribution >= 0.6 is 11.3 Å². The summed E-state index contributed by atoms with van der Waals surface area (Å²) in [6.07, 6.45) is 1.65. The van der Waals surface area contributed by atoms with E-state index in [4.69, 9.17) is 16.2 Å². The third-order valence-electron chi connectivity index (χ3n) is 3.42. The largest absolute Gasteiger partial charge is 0.378 e. The molecule has 3 amide bonds. The fourth-order valence-corrected chi connectivity index (χ4v) is 3.34. The van der Waals surface area contributed by atoms with Gasteiger partial charge in [-0.05, 0) is 12.1 Å². The van der Waals surface area contributed by atoms with E-state index in [1.165, 1.54) is 11.3 Å². The van der Waals surface area contributed by atoms with Crippen LogP contribution < -0.4 is 21.7 Å². The molecule has 3 heterocycles. The van der Waals surface area contributed by atoms with Gasteiger partial charge in [0.1, 0.15) is 5.00 Å². The SMILES string of the molecule is NC(=O)Nc1sc(-c2ccnc(N3CCOCC3)n2)cc1C(N)=O. The first-order valence-electron chi connectivity index (χ1n) is 7.21. The summed E-state index contributed by atoms with van der Waals surface area (Å²) in [7, 11) is 0. The van der Waals surface area contributed by atoms with Gasteiger partial charge in [0.25, 0.3) is 5.91 Å². The Morgan fingerprint density at radius 3 is 2.71 bits per heavy atom. The first-order chi connectivity index (χ1) is 11.5. The lowest BCUT2D eigenvalue weighted by molar-refractivity contribution is 0.100. The molecule has 1 fully saturated rings. The Bertz CT molecular complexity index is 772. The van der Waals surface area contributed by atoms with Gasteiger partial charge in [-0.25, -0.2) is 14.8 Å². The van der Waals surface area contributed by atoms with E-state index in [0.717, 1.165) is 13.1 Å². The van der Waals surface area contributed by atoms with Crippen molar-refractivity contribution in [2.45, 2.75) is 0 Å². The molecule has 9 nitrogen and oxygen atoms in total. The molecule has 1 aliphatic rings. The average Bonchev–Trinajstić information content (AvgIpc) is 2.99. The van der Waals surface area contributed by atoms with Crippen molar-refractivity contribution in [1.82, 2.24) is 9.97 Å². The van der Waals surface area contributed by atoms with Crippen LogP contribution in [0.5, 0.6) is 0 Å². The summed E-state index contributed by atoms with van der Waals surface area (Å²) in [5.41, 5.74) is 11.3. The van der Waals surface area contributed by atoms with Crippen LogP contribution in [0.15, 0.2) is 18.3 Å². The Morgan fingerprint density at radius 2 is 2.04 bits per heavy atom. The molecule has 0 saturated carbocycles. The van der Waals surface area contributed by atoms with Crippen molar-refractivity contribution in [2.24, 2.45) is 11.5 Å². The molecule has 0 bridgehead atoms. The maximum atomic E-state index is 11.5. The van der Waals surface area contributed by atoms with Crippen LogP contribution in [-0.2, 0) is 4.74 Å². The number of primary amides is 2. The number of thiophene rings is 1. The summed E-state index contributed by atoms with van der Waals surface area (Å²) < 4.78 is 5.32. The molecule has 1 aliphatic heterocycles. The zero-order valence-corrected chi connectivity index (χ0v) is 13.5. The third kappa shape index (κ3) is 3.44. The summed E-state index contributed by atoms with van der Waals surface area (Å²) in [4.78, 5) is 34.1. The summed E-state index contributed by atoms with van der Waals surface area (Å²) in [6, 6.07) is 2.56. The lowest BCUT2D eigenvalue weighted by atomic mass is 10.2. The van der Waals surface area contributed by atoms with Crippen molar-refractivity contribution in [3.8, 4) is 10.6 Å². The highest BCUT2D eigenvalue weighted by Gasteiger charge is 2.18. The molecular weight excluding hydrogens is 332 g/mol. The van der Waals surface area contributed by atoms with Gasteiger partial charge in [0.05, 0.1) is 29.3 Å². The van der Waals surface area contributed by atoms with E-state index in [1.807, 2.05) is 4.90 Å². The molecule has 10 heteroatoms. The lowest BCUT2D eigenvalue weighted by Gasteiger charge is -2.26. The fourth-order valence-electron chi connectivity index (χ4n) is 2.31. The van der Waals surface area contributed by atoms with Crippen LogP contribution in [0.4, 0.5) is 15.7 Å². The standard InChI is InChI=1S/C14H16N6O3S/c15-11(21)8-7-10(24-12(8)19-13(16)22)9-1-2-17-14(18-9)20-3-5-23-6-4-20/h1-2,7H,3-6H2,(H2,15,21)(H3,16,19,22). The Labute approximate surface area is 141 Å². The number of hydrogen-bond acceptors (Lipinski definition) is 7. The molecule has 0 unspecified atom stereocenters. The van der Waals surface area contributed by atoms with E-state index < -0.39 is 11.9 Å². The number of aromatic nitrogens is 2. The van der Waals surface area contributed by atoms with Gasteiger partial charge in [0.15, 0.2) is 0 Å². The molecule has 0 radical (unpaired) electrons. The Balaban J connectivity index is 1.93. The fraction of sp³-hybridized carbons (Fsp3) is 0.286. The molecule has 1 saturated heterocycles. The van der Waals surface area contributed by atoms with Gasteiger partial charge in [0.2, 0.25) is 5.95 Å². The monoisotopic (exact) mass is 348 g/mol. The average molecular weight is 348 g/mol. The number of carbonyl (C=O) groups excluding carboxylic acids is 2. The van der Waals surface area contributed by atoms with Crippen molar-refractivity contribution in [3.63, 3.8) is 0 Å². The second-order valence-corrected chi connectivity index (χ2v) is 6.10. The number of rotatable bonds is 4. The van der Waals surface area contributed by atoms with Crippen LogP contribution in [0.25, 0.3) is 10.6 Å². The number of carbonyl (C=O) groups is 2. The highest BCUT2D eigenvalue weighted by atomic mass is 32.1. The third-order valence-corrected chi connectivity index (χ3v) is 4.50. The number of nitrogens with zero attached hydrogens (tertiary/aromatic N) is 3. The number of morpholine rings is 1. The maximum Gasteiger partial charge on any atom is 0.317 e. The van der Waals surface area contributed by atoms with Gasteiger partial charge >= 0.3 is 6.03 Å². The Kier molecular flexibility index (Phi) is 4.58. The molecule has 2 aromatic heterocycles. The highest BCUT2D eigenvalue weighted by molar-refractivity contribution is 7.20. The second-order valence-electron chi connectivity index (χ2n) is 5.05. The van der Waals surface area contributed by atoms with Crippen molar-refractivity contribution in [3.05, 3.63) is 23.9 Å². The van der Waals surface area contributed by atoms with Gasteiger partial charge in [-0.1, -0.05) is 0 Å². The van der Waals surface area contributed by atoms with Crippen LogP contribution in [0.1, 0.15) is 10.4 Å². The number of nitrogens with one attached hydrogen (secondary N) is 1. The first kappa shape index (κ1) is 16.1. The number of hydrogen-bond donors (Lipinski definition) is 3. The van der Waals surface area contributed by atoms with E-state index in [1.54, 1.807) is 18.3 Å². The Morgan fingerprint density at radius 1 is 1.29 bits per heavy atom.